The van der Waals surface area contributed by atoms with Crippen molar-refractivity contribution in [2.45, 2.75) is 82.2 Å². The molecule has 1 saturated heterocycles. The molecule has 2 saturated carbocycles. The van der Waals surface area contributed by atoms with Crippen LogP contribution in [0.3, 0.4) is 0 Å². The quantitative estimate of drug-likeness (QED) is 0.794. The highest BCUT2D eigenvalue weighted by atomic mass is 32.2. The molecule has 1 unspecified atom stereocenters. The number of amides is 1. The zero-order valence-electron chi connectivity index (χ0n) is 15.2. The summed E-state index contributed by atoms with van der Waals surface area (Å²) in [4.78, 5) is 15.1. The summed E-state index contributed by atoms with van der Waals surface area (Å²) < 4.78 is 6.01. The largest absolute Gasteiger partial charge is 0.368 e. The van der Waals surface area contributed by atoms with E-state index in [0.29, 0.717) is 17.5 Å². The summed E-state index contributed by atoms with van der Waals surface area (Å²) >= 11 is 1.95. The van der Waals surface area contributed by atoms with Crippen molar-refractivity contribution in [3.63, 3.8) is 0 Å². The van der Waals surface area contributed by atoms with Gasteiger partial charge in [-0.2, -0.15) is 0 Å². The normalized spacial score (nSPS) is 32.0. The Morgan fingerprint density at radius 2 is 1.88 bits per heavy atom. The Morgan fingerprint density at radius 1 is 1.12 bits per heavy atom. The molecule has 2 aliphatic carbocycles. The summed E-state index contributed by atoms with van der Waals surface area (Å²) in [5.74, 6) is 2.20. The van der Waals surface area contributed by atoms with Crippen LogP contribution in [-0.2, 0) is 9.53 Å². The van der Waals surface area contributed by atoms with Crippen molar-refractivity contribution in [3.8, 4) is 0 Å². The predicted molar refractivity (Wildman–Crippen MR) is 100 cm³/mol. The third-order valence-electron chi connectivity index (χ3n) is 5.90. The van der Waals surface area contributed by atoms with Crippen molar-refractivity contribution < 1.29 is 9.53 Å². The molecule has 138 valence electrons. The van der Waals surface area contributed by atoms with E-state index in [1.807, 2.05) is 11.8 Å². The van der Waals surface area contributed by atoms with Crippen molar-refractivity contribution >= 4 is 17.7 Å². The molecule has 0 aromatic heterocycles. The van der Waals surface area contributed by atoms with Crippen LogP contribution in [-0.4, -0.2) is 53.8 Å². The maximum Gasteiger partial charge on any atom is 0.248 e. The van der Waals surface area contributed by atoms with Gasteiger partial charge in [-0.1, -0.05) is 26.2 Å². The van der Waals surface area contributed by atoms with Crippen LogP contribution in [0.25, 0.3) is 0 Å². The zero-order chi connectivity index (χ0) is 16.8. The van der Waals surface area contributed by atoms with Crippen molar-refractivity contribution in [3.05, 3.63) is 0 Å². The molecule has 1 atom stereocenters. The maximum atomic E-state index is 12.9. The zero-order valence-corrected chi connectivity index (χ0v) is 16.0. The van der Waals surface area contributed by atoms with Crippen LogP contribution < -0.4 is 5.32 Å². The van der Waals surface area contributed by atoms with Gasteiger partial charge in [-0.15, -0.1) is 11.8 Å². The van der Waals surface area contributed by atoms with Crippen LogP contribution in [0.15, 0.2) is 0 Å². The van der Waals surface area contributed by atoms with Crippen LogP contribution in [0.2, 0.25) is 0 Å². The molecule has 0 spiro atoms. The van der Waals surface area contributed by atoms with E-state index in [9.17, 15) is 4.79 Å². The average molecular weight is 355 g/mol. The molecule has 0 bridgehead atoms. The Morgan fingerprint density at radius 3 is 2.54 bits per heavy atom. The monoisotopic (exact) mass is 354 g/mol. The van der Waals surface area contributed by atoms with Gasteiger partial charge in [0.05, 0.1) is 11.5 Å². The fraction of sp³-hybridized carbons (Fsp3) is 0.947. The Bertz CT molecular complexity index is 387. The SMILES string of the molecule is CC1CCC(OCC(=O)N(CC2NCCS2)C2CCCCC2)CC1. The minimum absolute atomic E-state index is 0.217. The fourth-order valence-corrected chi connectivity index (χ4v) is 5.31. The van der Waals surface area contributed by atoms with Gasteiger partial charge in [0.1, 0.15) is 6.61 Å². The van der Waals surface area contributed by atoms with Gasteiger partial charge in [-0.3, -0.25) is 4.79 Å². The van der Waals surface area contributed by atoms with E-state index in [-0.39, 0.29) is 12.5 Å². The van der Waals surface area contributed by atoms with Crippen molar-refractivity contribution in [1.82, 2.24) is 10.2 Å². The number of carbonyl (C=O) groups excluding carboxylic acids is 1. The lowest BCUT2D eigenvalue weighted by Gasteiger charge is -2.36. The Hall–Kier alpha value is -0.260. The number of nitrogens with one attached hydrogen (secondary N) is 1. The van der Waals surface area contributed by atoms with Crippen molar-refractivity contribution in [1.29, 1.82) is 0 Å². The van der Waals surface area contributed by atoms with Crippen LogP contribution in [0, 0.1) is 5.92 Å². The van der Waals surface area contributed by atoms with Gasteiger partial charge in [0.2, 0.25) is 5.91 Å². The van der Waals surface area contributed by atoms with E-state index in [0.717, 1.165) is 37.6 Å². The van der Waals surface area contributed by atoms with Gasteiger partial charge in [-0.05, 0) is 44.4 Å². The summed E-state index contributed by atoms with van der Waals surface area (Å²) in [5.41, 5.74) is 0. The van der Waals surface area contributed by atoms with Gasteiger partial charge in [-0.25, -0.2) is 0 Å². The van der Waals surface area contributed by atoms with Gasteiger partial charge in [0.25, 0.3) is 0 Å². The van der Waals surface area contributed by atoms with Crippen molar-refractivity contribution in [2.75, 3.05) is 25.4 Å². The third kappa shape index (κ3) is 5.37. The molecule has 0 aromatic carbocycles. The molecule has 3 rings (SSSR count). The molecule has 1 N–H and O–H groups in total. The molecular formula is C19H34N2O2S. The number of rotatable bonds is 6. The highest BCUT2D eigenvalue weighted by molar-refractivity contribution is 8.00. The van der Waals surface area contributed by atoms with E-state index in [1.165, 1.54) is 44.9 Å². The predicted octanol–water partition coefficient (Wildman–Crippen LogP) is 3.41. The van der Waals surface area contributed by atoms with E-state index in [2.05, 4.69) is 17.1 Å². The molecule has 0 radical (unpaired) electrons. The summed E-state index contributed by atoms with van der Waals surface area (Å²) in [6.45, 7) is 4.52. The van der Waals surface area contributed by atoms with E-state index in [4.69, 9.17) is 4.74 Å². The molecule has 3 fully saturated rings. The Kier molecular flexibility index (Phi) is 7.29. The van der Waals surface area contributed by atoms with Crippen molar-refractivity contribution in [2.24, 2.45) is 5.92 Å². The number of carbonyl (C=O) groups is 1. The minimum atomic E-state index is 0.217. The van der Waals surface area contributed by atoms with Crippen LogP contribution in [0.5, 0.6) is 0 Å². The molecule has 1 aliphatic heterocycles. The number of hydrogen-bond acceptors (Lipinski definition) is 4. The second-order valence-corrected chi connectivity index (χ2v) is 9.15. The van der Waals surface area contributed by atoms with E-state index in [1.54, 1.807) is 0 Å². The third-order valence-corrected chi connectivity index (χ3v) is 7.05. The molecule has 1 amide bonds. The summed E-state index contributed by atoms with van der Waals surface area (Å²) in [6.07, 6.45) is 11.2. The summed E-state index contributed by atoms with van der Waals surface area (Å²) in [6, 6.07) is 0.434. The van der Waals surface area contributed by atoms with Gasteiger partial charge >= 0.3 is 0 Å². The van der Waals surface area contributed by atoms with Gasteiger partial charge in [0, 0.05) is 24.9 Å². The first-order valence-corrected chi connectivity index (χ1v) is 11.0. The van der Waals surface area contributed by atoms with Crippen LogP contribution in [0.1, 0.15) is 64.7 Å². The topological polar surface area (TPSA) is 41.6 Å². The summed E-state index contributed by atoms with van der Waals surface area (Å²) in [5, 5.41) is 3.93. The van der Waals surface area contributed by atoms with E-state index >= 15 is 0 Å². The highest BCUT2D eigenvalue weighted by Gasteiger charge is 2.30. The second kappa shape index (κ2) is 9.44. The minimum Gasteiger partial charge on any atom is -0.368 e. The first-order chi connectivity index (χ1) is 11.7. The van der Waals surface area contributed by atoms with Gasteiger partial charge in [0.15, 0.2) is 0 Å². The van der Waals surface area contributed by atoms with Crippen LogP contribution >= 0.6 is 11.8 Å². The molecule has 5 heteroatoms. The number of thioether (sulfide) groups is 1. The molecule has 3 aliphatic rings. The van der Waals surface area contributed by atoms with E-state index < -0.39 is 0 Å². The molecule has 4 nitrogen and oxygen atoms in total. The Labute approximate surface area is 151 Å². The first kappa shape index (κ1) is 18.5. The first-order valence-electron chi connectivity index (χ1n) is 9.98. The lowest BCUT2D eigenvalue weighted by molar-refractivity contribution is -0.142. The second-order valence-electron chi connectivity index (χ2n) is 7.84. The molecule has 1 heterocycles. The van der Waals surface area contributed by atoms with Crippen LogP contribution in [0.4, 0.5) is 0 Å². The number of hydrogen-bond donors (Lipinski definition) is 1. The molecular weight excluding hydrogens is 320 g/mol. The number of ether oxygens (including phenoxy) is 1. The number of nitrogens with zero attached hydrogens (tertiary/aromatic N) is 1. The molecule has 24 heavy (non-hydrogen) atoms. The highest BCUT2D eigenvalue weighted by Crippen LogP contribution is 2.27. The lowest BCUT2D eigenvalue weighted by Crippen LogP contribution is -2.48. The lowest BCUT2D eigenvalue weighted by atomic mass is 9.89. The standard InChI is InChI=1S/C19H34N2O2S/c1-15-7-9-17(10-8-15)23-14-19(22)21(13-18-20-11-12-24-18)16-5-3-2-4-6-16/h15-18,20H,2-14H2,1H3. The Balaban J connectivity index is 1.51. The molecule has 0 aromatic rings. The van der Waals surface area contributed by atoms with Gasteiger partial charge < -0.3 is 15.0 Å². The average Bonchev–Trinajstić information content (AvgIpc) is 3.13. The summed E-state index contributed by atoms with van der Waals surface area (Å²) in [7, 11) is 0. The fourth-order valence-electron chi connectivity index (χ4n) is 4.29. The smallest absolute Gasteiger partial charge is 0.248 e. The maximum absolute atomic E-state index is 12.9.